The third-order valence-corrected chi connectivity index (χ3v) is 7.32. The van der Waals surface area contributed by atoms with Gasteiger partial charge in [-0.15, -0.1) is 10.2 Å². The van der Waals surface area contributed by atoms with Gasteiger partial charge in [0.05, 0.1) is 10.6 Å². The number of sulfone groups is 1. The van der Waals surface area contributed by atoms with Gasteiger partial charge in [0.15, 0.2) is 31.4 Å². The van der Waals surface area contributed by atoms with E-state index in [1.165, 1.54) is 35.2 Å². The molecule has 0 aliphatic heterocycles. The highest BCUT2D eigenvalue weighted by Gasteiger charge is 2.16. The molecule has 0 saturated carbocycles. The van der Waals surface area contributed by atoms with Gasteiger partial charge in [-0.2, -0.15) is 4.98 Å². The summed E-state index contributed by atoms with van der Waals surface area (Å²) in [7, 11) is 0.545. The first-order valence-corrected chi connectivity index (χ1v) is 12.3. The highest BCUT2D eigenvalue weighted by Crippen LogP contribution is 2.30. The predicted octanol–water partition coefficient (Wildman–Crippen LogP) is 1.93. The zero-order valence-corrected chi connectivity index (χ0v) is 18.7. The van der Waals surface area contributed by atoms with E-state index < -0.39 is 9.84 Å². The van der Waals surface area contributed by atoms with Crippen molar-refractivity contribution in [1.29, 1.82) is 0 Å². The standard InChI is InChI=1S/C17H17N7O3S3/c1-23(2)16-20-14-13(29-16)15-21-22-17(24(15)9-18-14)28-8-12(25)19-10-4-6-11(7-5-10)30(3,26)27/h4-7,9H,8H2,1-3H3,(H,19,25). The molecule has 0 fully saturated rings. The highest BCUT2D eigenvalue weighted by atomic mass is 32.2. The molecular formula is C17H17N7O3S3. The summed E-state index contributed by atoms with van der Waals surface area (Å²) < 4.78 is 25.6. The van der Waals surface area contributed by atoms with Crippen molar-refractivity contribution in [1.82, 2.24) is 24.6 Å². The molecule has 3 aromatic heterocycles. The maximum absolute atomic E-state index is 12.3. The summed E-state index contributed by atoms with van der Waals surface area (Å²) in [6.07, 6.45) is 2.73. The summed E-state index contributed by atoms with van der Waals surface area (Å²) >= 11 is 2.70. The van der Waals surface area contributed by atoms with Gasteiger partial charge in [0.25, 0.3) is 0 Å². The van der Waals surface area contributed by atoms with Crippen molar-refractivity contribution in [3.05, 3.63) is 30.6 Å². The molecule has 4 aromatic rings. The van der Waals surface area contributed by atoms with Crippen molar-refractivity contribution < 1.29 is 13.2 Å². The monoisotopic (exact) mass is 463 g/mol. The zero-order valence-electron chi connectivity index (χ0n) is 16.2. The minimum Gasteiger partial charge on any atom is -0.354 e. The number of nitrogens with one attached hydrogen (secondary N) is 1. The third-order valence-electron chi connectivity index (χ3n) is 4.04. The fraction of sp³-hybridized carbons (Fsp3) is 0.235. The molecule has 0 saturated heterocycles. The Morgan fingerprint density at radius 3 is 2.63 bits per heavy atom. The van der Waals surface area contributed by atoms with E-state index in [0.717, 1.165) is 16.1 Å². The number of rotatable bonds is 6. The summed E-state index contributed by atoms with van der Waals surface area (Å²) in [6, 6.07) is 6.02. The van der Waals surface area contributed by atoms with Crippen LogP contribution in [0.1, 0.15) is 0 Å². The Hall–Kier alpha value is -2.77. The number of thiazole rings is 1. The molecule has 156 valence electrons. The van der Waals surface area contributed by atoms with Gasteiger partial charge in [-0.1, -0.05) is 23.1 Å². The molecule has 1 aromatic carbocycles. The van der Waals surface area contributed by atoms with Gasteiger partial charge in [-0.05, 0) is 24.3 Å². The number of aromatic nitrogens is 5. The van der Waals surface area contributed by atoms with Gasteiger partial charge in [-0.3, -0.25) is 9.20 Å². The summed E-state index contributed by atoms with van der Waals surface area (Å²) in [6.45, 7) is 0. The zero-order chi connectivity index (χ0) is 21.5. The molecule has 13 heteroatoms. The van der Waals surface area contributed by atoms with Gasteiger partial charge < -0.3 is 10.2 Å². The molecule has 0 aliphatic rings. The summed E-state index contributed by atoms with van der Waals surface area (Å²) in [5.41, 5.74) is 1.77. The van der Waals surface area contributed by atoms with Crippen molar-refractivity contribution in [2.75, 3.05) is 36.3 Å². The smallest absolute Gasteiger partial charge is 0.234 e. The maximum atomic E-state index is 12.3. The normalized spacial score (nSPS) is 11.8. The Bertz CT molecular complexity index is 1340. The van der Waals surface area contributed by atoms with Gasteiger partial charge in [0, 0.05) is 26.0 Å². The lowest BCUT2D eigenvalue weighted by Gasteiger charge is -2.05. The van der Waals surface area contributed by atoms with Crippen molar-refractivity contribution in [3.8, 4) is 0 Å². The van der Waals surface area contributed by atoms with Crippen molar-refractivity contribution in [3.63, 3.8) is 0 Å². The first-order valence-electron chi connectivity index (χ1n) is 8.63. The Morgan fingerprint density at radius 2 is 1.97 bits per heavy atom. The number of fused-ring (bicyclic) bond motifs is 3. The van der Waals surface area contributed by atoms with Crippen LogP contribution in [0.5, 0.6) is 0 Å². The van der Waals surface area contributed by atoms with E-state index in [1.807, 2.05) is 19.0 Å². The van der Waals surface area contributed by atoms with Crippen LogP contribution in [0.2, 0.25) is 0 Å². The fourth-order valence-corrected chi connectivity index (χ4v) is 4.84. The topological polar surface area (TPSA) is 122 Å². The summed E-state index contributed by atoms with van der Waals surface area (Å²) in [5.74, 6) is -0.135. The van der Waals surface area contributed by atoms with Crippen molar-refractivity contribution >= 4 is 65.7 Å². The van der Waals surface area contributed by atoms with Gasteiger partial charge in [-0.25, -0.2) is 13.4 Å². The lowest BCUT2D eigenvalue weighted by molar-refractivity contribution is -0.113. The van der Waals surface area contributed by atoms with Crippen LogP contribution in [-0.2, 0) is 14.6 Å². The second kappa shape index (κ2) is 7.81. The molecule has 10 nitrogen and oxygen atoms in total. The van der Waals surface area contributed by atoms with Gasteiger partial charge in [0.2, 0.25) is 5.91 Å². The van der Waals surface area contributed by atoms with Crippen LogP contribution in [0, 0.1) is 0 Å². The second-order valence-electron chi connectivity index (χ2n) is 6.60. The van der Waals surface area contributed by atoms with Crippen LogP contribution < -0.4 is 10.2 Å². The largest absolute Gasteiger partial charge is 0.354 e. The van der Waals surface area contributed by atoms with E-state index in [-0.39, 0.29) is 16.6 Å². The SMILES string of the molecule is CN(C)c1nc2ncn3c(SCC(=O)Nc4ccc(S(C)(=O)=O)cc4)nnc3c2s1. The summed E-state index contributed by atoms with van der Waals surface area (Å²) in [5, 5.41) is 12.5. The molecule has 1 amide bonds. The average molecular weight is 464 g/mol. The first-order chi connectivity index (χ1) is 14.2. The number of carbonyl (C=O) groups excluding carboxylic acids is 1. The third kappa shape index (κ3) is 4.08. The number of carbonyl (C=O) groups is 1. The first kappa shape index (κ1) is 20.5. The van der Waals surface area contributed by atoms with E-state index in [4.69, 9.17) is 0 Å². The predicted molar refractivity (Wildman–Crippen MR) is 117 cm³/mol. The lowest BCUT2D eigenvalue weighted by atomic mass is 10.3. The van der Waals surface area contributed by atoms with E-state index in [2.05, 4.69) is 25.5 Å². The van der Waals surface area contributed by atoms with Crippen LogP contribution in [-0.4, -0.2) is 65.0 Å². The minimum atomic E-state index is -3.27. The average Bonchev–Trinajstić information content (AvgIpc) is 3.30. The maximum Gasteiger partial charge on any atom is 0.234 e. The minimum absolute atomic E-state index is 0.109. The molecule has 0 spiro atoms. The van der Waals surface area contributed by atoms with Crippen LogP contribution in [0.3, 0.4) is 0 Å². The number of anilines is 2. The molecule has 0 bridgehead atoms. The van der Waals surface area contributed by atoms with E-state index in [1.54, 1.807) is 22.9 Å². The molecule has 0 aliphatic carbocycles. The quantitative estimate of drug-likeness (QED) is 0.427. The van der Waals surface area contributed by atoms with Crippen LogP contribution in [0.25, 0.3) is 16.0 Å². The molecule has 1 N–H and O–H groups in total. The molecular weight excluding hydrogens is 446 g/mol. The second-order valence-corrected chi connectivity index (χ2v) is 10.5. The molecule has 0 radical (unpaired) electrons. The Kier molecular flexibility index (Phi) is 5.34. The van der Waals surface area contributed by atoms with Gasteiger partial charge in [0.1, 0.15) is 11.0 Å². The fourth-order valence-electron chi connectivity index (χ4n) is 2.58. The number of hydrogen-bond donors (Lipinski definition) is 1. The van der Waals surface area contributed by atoms with Crippen LogP contribution in [0.15, 0.2) is 40.6 Å². The molecule has 4 rings (SSSR count). The molecule has 30 heavy (non-hydrogen) atoms. The number of amides is 1. The number of nitrogens with zero attached hydrogens (tertiary/aromatic N) is 6. The Balaban J connectivity index is 1.47. The van der Waals surface area contributed by atoms with Crippen LogP contribution >= 0.6 is 23.1 Å². The van der Waals surface area contributed by atoms with E-state index >= 15 is 0 Å². The lowest BCUT2D eigenvalue weighted by Crippen LogP contribution is -2.14. The number of hydrogen-bond acceptors (Lipinski definition) is 10. The summed E-state index contributed by atoms with van der Waals surface area (Å²) in [4.78, 5) is 23.2. The Labute approximate surface area is 180 Å². The molecule has 0 atom stereocenters. The highest BCUT2D eigenvalue weighted by molar-refractivity contribution is 7.99. The molecule has 0 unspecified atom stereocenters. The van der Waals surface area contributed by atoms with E-state index in [0.29, 0.717) is 22.1 Å². The van der Waals surface area contributed by atoms with Crippen molar-refractivity contribution in [2.45, 2.75) is 10.1 Å². The Morgan fingerprint density at radius 1 is 1.23 bits per heavy atom. The number of thioether (sulfide) groups is 1. The van der Waals surface area contributed by atoms with Gasteiger partial charge >= 0.3 is 0 Å². The van der Waals surface area contributed by atoms with E-state index in [9.17, 15) is 13.2 Å². The molecule has 3 heterocycles. The number of benzene rings is 1. The van der Waals surface area contributed by atoms with Crippen molar-refractivity contribution in [2.24, 2.45) is 0 Å². The van der Waals surface area contributed by atoms with Crippen LogP contribution in [0.4, 0.5) is 10.8 Å².